The number of methoxy groups -OCH3 is 1. The Morgan fingerprint density at radius 2 is 1.76 bits per heavy atom. The minimum absolute atomic E-state index is 0.0185. The van der Waals surface area contributed by atoms with Crippen LogP contribution in [0, 0.1) is 17.5 Å². The first-order chi connectivity index (χ1) is 16.1. The van der Waals surface area contributed by atoms with Crippen LogP contribution < -0.4 is 5.73 Å². The van der Waals surface area contributed by atoms with Crippen molar-refractivity contribution in [2.24, 2.45) is 0 Å². The molecule has 0 saturated carbocycles. The molecule has 4 aromatic rings. The van der Waals surface area contributed by atoms with Gasteiger partial charge in [-0.1, -0.05) is 32.0 Å². The molecule has 3 N–H and O–H groups in total. The van der Waals surface area contributed by atoms with Gasteiger partial charge in [0.05, 0.1) is 17.7 Å². The van der Waals surface area contributed by atoms with Crippen molar-refractivity contribution in [2.75, 3.05) is 19.5 Å². The van der Waals surface area contributed by atoms with Gasteiger partial charge in [-0.2, -0.15) is 0 Å². The van der Waals surface area contributed by atoms with E-state index in [0.717, 1.165) is 18.2 Å². The van der Waals surface area contributed by atoms with Gasteiger partial charge in [-0.25, -0.2) is 18.0 Å². The zero-order valence-electron chi connectivity index (χ0n) is 18.8. The second-order valence-electron chi connectivity index (χ2n) is 8.71. The number of aromatic carboxylic acids is 1. The molecule has 3 aromatic carbocycles. The Morgan fingerprint density at radius 3 is 2.41 bits per heavy atom. The van der Waals surface area contributed by atoms with Crippen LogP contribution >= 0.6 is 0 Å². The number of benzene rings is 3. The van der Waals surface area contributed by atoms with Gasteiger partial charge in [-0.3, -0.25) is 0 Å². The summed E-state index contributed by atoms with van der Waals surface area (Å²) in [4.78, 5) is 12.1. The molecule has 0 aliphatic carbocycles. The molecule has 0 spiro atoms. The lowest BCUT2D eigenvalue weighted by molar-refractivity contribution is 0.0697. The molecular weight excluding hydrogens is 445 g/mol. The van der Waals surface area contributed by atoms with E-state index in [-0.39, 0.29) is 29.1 Å². The van der Waals surface area contributed by atoms with Crippen LogP contribution in [0.1, 0.15) is 29.9 Å². The minimum Gasteiger partial charge on any atom is -0.478 e. The molecule has 0 atom stereocenters. The molecule has 4 rings (SSSR count). The number of carboxylic acids is 1. The Morgan fingerprint density at radius 1 is 1.06 bits per heavy atom. The van der Waals surface area contributed by atoms with Gasteiger partial charge in [0, 0.05) is 46.6 Å². The molecule has 1 aromatic heterocycles. The molecule has 0 bridgehead atoms. The quantitative estimate of drug-likeness (QED) is 0.345. The highest BCUT2D eigenvalue weighted by molar-refractivity contribution is 6.10. The van der Waals surface area contributed by atoms with E-state index in [1.54, 1.807) is 22.8 Å². The summed E-state index contributed by atoms with van der Waals surface area (Å²) < 4.78 is 49.7. The zero-order valence-corrected chi connectivity index (χ0v) is 18.8. The number of nitrogens with zero attached hydrogens (tertiary/aromatic N) is 1. The summed E-state index contributed by atoms with van der Waals surface area (Å²) in [5.41, 5.74) is 7.45. The van der Waals surface area contributed by atoms with Crippen LogP contribution in [-0.2, 0) is 10.2 Å². The van der Waals surface area contributed by atoms with Crippen LogP contribution in [0.4, 0.5) is 18.9 Å². The lowest BCUT2D eigenvalue weighted by Crippen LogP contribution is -2.27. The van der Waals surface area contributed by atoms with Gasteiger partial charge in [0.2, 0.25) is 0 Å². The summed E-state index contributed by atoms with van der Waals surface area (Å²) >= 11 is 0. The number of hydrogen-bond donors (Lipinski definition) is 2. The van der Waals surface area contributed by atoms with E-state index in [4.69, 9.17) is 10.5 Å². The molecule has 0 fully saturated rings. The van der Waals surface area contributed by atoms with Crippen molar-refractivity contribution < 1.29 is 27.8 Å². The lowest BCUT2D eigenvalue weighted by atomic mass is 9.83. The van der Waals surface area contributed by atoms with Crippen molar-refractivity contribution >= 4 is 22.6 Å². The number of rotatable bonds is 6. The molecule has 34 heavy (non-hydrogen) atoms. The average Bonchev–Trinajstić information content (AvgIpc) is 3.11. The summed E-state index contributed by atoms with van der Waals surface area (Å²) in [5, 5.41) is 10.3. The van der Waals surface area contributed by atoms with Crippen LogP contribution in [0.5, 0.6) is 0 Å². The van der Waals surface area contributed by atoms with Crippen molar-refractivity contribution in [3.8, 4) is 16.8 Å². The predicted molar refractivity (Wildman–Crippen MR) is 125 cm³/mol. The van der Waals surface area contributed by atoms with Crippen LogP contribution in [-0.4, -0.2) is 29.4 Å². The van der Waals surface area contributed by atoms with Crippen LogP contribution in [0.25, 0.3) is 27.7 Å². The molecule has 0 radical (unpaired) electrons. The molecule has 5 nitrogen and oxygen atoms in total. The predicted octanol–water partition coefficient (Wildman–Crippen LogP) is 5.92. The van der Waals surface area contributed by atoms with Gasteiger partial charge in [0.1, 0.15) is 5.82 Å². The Balaban J connectivity index is 2.28. The van der Waals surface area contributed by atoms with Gasteiger partial charge in [0.15, 0.2) is 11.6 Å². The molecule has 0 aliphatic rings. The Labute approximate surface area is 194 Å². The maximum Gasteiger partial charge on any atom is 0.336 e. The van der Waals surface area contributed by atoms with E-state index in [2.05, 4.69) is 0 Å². The smallest absolute Gasteiger partial charge is 0.336 e. The first-order valence-electron chi connectivity index (χ1n) is 10.5. The normalized spacial score (nSPS) is 11.8. The standard InChI is InChI=1S/C26H23F3N2O3/c1-26(2,13-34-3)24-22(16-6-4-5-7-17(16)25(32)33)23-20(30)10-14(27)11-21(23)31(24)15-8-9-18(28)19(29)12-15/h4-12H,13,30H2,1-3H3,(H,32,33). The molecule has 0 saturated heterocycles. The third-order valence-corrected chi connectivity index (χ3v) is 5.80. The van der Waals surface area contributed by atoms with E-state index >= 15 is 0 Å². The fourth-order valence-electron chi connectivity index (χ4n) is 4.52. The number of carbonyl (C=O) groups is 1. The third kappa shape index (κ3) is 3.80. The second kappa shape index (κ2) is 8.53. The van der Waals surface area contributed by atoms with E-state index in [0.29, 0.717) is 22.2 Å². The lowest BCUT2D eigenvalue weighted by Gasteiger charge is -2.28. The van der Waals surface area contributed by atoms with Crippen molar-refractivity contribution in [3.05, 3.63) is 83.3 Å². The monoisotopic (exact) mass is 468 g/mol. The van der Waals surface area contributed by atoms with Crippen molar-refractivity contribution in [1.29, 1.82) is 0 Å². The van der Waals surface area contributed by atoms with E-state index in [1.807, 2.05) is 13.8 Å². The SMILES string of the molecule is COCC(C)(C)c1c(-c2ccccc2C(=O)O)c2c(N)cc(F)cc2n1-c1ccc(F)c(F)c1. The number of nitrogens with two attached hydrogens (primary N) is 1. The van der Waals surface area contributed by atoms with Crippen LogP contribution in [0.3, 0.4) is 0 Å². The highest BCUT2D eigenvalue weighted by atomic mass is 19.2. The highest BCUT2D eigenvalue weighted by Crippen LogP contribution is 2.46. The third-order valence-electron chi connectivity index (χ3n) is 5.80. The molecule has 1 heterocycles. The highest BCUT2D eigenvalue weighted by Gasteiger charge is 2.34. The number of anilines is 1. The fraction of sp³-hybridized carbons (Fsp3) is 0.192. The topological polar surface area (TPSA) is 77.5 Å². The van der Waals surface area contributed by atoms with Gasteiger partial charge < -0.3 is 20.1 Å². The number of carboxylic acid groups (broad SMARTS) is 1. The maximum atomic E-state index is 14.6. The first-order valence-corrected chi connectivity index (χ1v) is 10.5. The number of fused-ring (bicyclic) bond motifs is 1. The number of nitrogen functional groups attached to an aromatic ring is 1. The number of aromatic nitrogens is 1. The Kier molecular flexibility index (Phi) is 5.87. The summed E-state index contributed by atoms with van der Waals surface area (Å²) in [7, 11) is 1.52. The van der Waals surface area contributed by atoms with Crippen molar-refractivity contribution in [1.82, 2.24) is 4.57 Å². The Bertz CT molecular complexity index is 1430. The van der Waals surface area contributed by atoms with Crippen LogP contribution in [0.2, 0.25) is 0 Å². The molecule has 176 valence electrons. The first kappa shape index (κ1) is 23.4. The molecular formula is C26H23F3N2O3. The summed E-state index contributed by atoms with van der Waals surface area (Å²) in [5.74, 6) is -3.88. The molecule has 0 unspecified atom stereocenters. The zero-order chi connectivity index (χ0) is 24.8. The largest absolute Gasteiger partial charge is 0.478 e. The summed E-state index contributed by atoms with van der Waals surface area (Å²) in [6, 6.07) is 12.2. The average molecular weight is 468 g/mol. The summed E-state index contributed by atoms with van der Waals surface area (Å²) in [6.45, 7) is 3.92. The minimum atomic E-state index is -1.15. The maximum absolute atomic E-state index is 14.6. The van der Waals surface area contributed by atoms with Crippen molar-refractivity contribution in [3.63, 3.8) is 0 Å². The number of ether oxygens (including phenoxy) is 1. The fourth-order valence-corrected chi connectivity index (χ4v) is 4.52. The second-order valence-corrected chi connectivity index (χ2v) is 8.71. The van der Waals surface area contributed by atoms with Gasteiger partial charge in [-0.15, -0.1) is 0 Å². The molecule has 0 aliphatic heterocycles. The van der Waals surface area contributed by atoms with Crippen LogP contribution in [0.15, 0.2) is 54.6 Å². The van der Waals surface area contributed by atoms with Gasteiger partial charge in [-0.05, 0) is 35.9 Å². The Hall–Kier alpha value is -3.78. The van der Waals surface area contributed by atoms with Gasteiger partial charge in [0.25, 0.3) is 0 Å². The van der Waals surface area contributed by atoms with E-state index < -0.39 is 28.8 Å². The van der Waals surface area contributed by atoms with E-state index in [9.17, 15) is 23.1 Å². The molecule has 0 amide bonds. The van der Waals surface area contributed by atoms with Crippen molar-refractivity contribution in [2.45, 2.75) is 19.3 Å². The summed E-state index contributed by atoms with van der Waals surface area (Å²) in [6.07, 6.45) is 0. The number of hydrogen-bond acceptors (Lipinski definition) is 3. The molecule has 8 heteroatoms. The van der Waals surface area contributed by atoms with Gasteiger partial charge >= 0.3 is 5.97 Å². The van der Waals surface area contributed by atoms with E-state index in [1.165, 1.54) is 25.3 Å². The number of halogens is 3.